The maximum absolute atomic E-state index is 13.4. The quantitative estimate of drug-likeness (QED) is 0.249. The number of amides is 4. The Balaban J connectivity index is 1.15. The molecule has 0 unspecified atom stereocenters. The molecule has 0 aliphatic carbocycles. The van der Waals surface area contributed by atoms with Crippen LogP contribution in [0.4, 0.5) is 9.59 Å². The third kappa shape index (κ3) is 10.3. The molecule has 0 spiro atoms. The van der Waals surface area contributed by atoms with Gasteiger partial charge in [-0.15, -0.1) is 0 Å². The number of likely N-dealkylation sites (tertiary alicyclic amines) is 2. The molecule has 2 aliphatic rings. The van der Waals surface area contributed by atoms with Crippen LogP contribution in [0, 0.1) is 59.2 Å². The lowest BCUT2D eigenvalue weighted by atomic mass is 10.0. The van der Waals surface area contributed by atoms with Crippen LogP contribution in [0.15, 0.2) is 36.7 Å². The van der Waals surface area contributed by atoms with Crippen molar-refractivity contribution in [3.63, 3.8) is 0 Å². The Morgan fingerprint density at radius 2 is 1.04 bits per heavy atom. The van der Waals surface area contributed by atoms with Crippen molar-refractivity contribution in [2.75, 3.05) is 27.3 Å². The number of nitrogens with one attached hydrogen (secondary N) is 4. The fraction of sp³-hybridized carbons (Fsp3) is 0.429. The molecule has 0 radical (unpaired) electrons. The highest BCUT2D eigenvalue weighted by Gasteiger charge is 2.38. The van der Waals surface area contributed by atoms with Gasteiger partial charge < -0.3 is 39.9 Å². The van der Waals surface area contributed by atoms with E-state index in [0.717, 1.165) is 36.8 Å². The molecule has 0 bridgehead atoms. The Bertz CT molecular complexity index is 2010. The molecule has 5 rings (SSSR count). The molecule has 14 heteroatoms. The third-order valence-electron chi connectivity index (χ3n) is 9.49. The van der Waals surface area contributed by atoms with Crippen LogP contribution < -0.4 is 10.6 Å². The summed E-state index contributed by atoms with van der Waals surface area (Å²) >= 11 is 0. The molecule has 3 aromatic rings. The van der Waals surface area contributed by atoms with Gasteiger partial charge in [-0.3, -0.25) is 9.59 Å². The maximum Gasteiger partial charge on any atom is 0.407 e. The zero-order chi connectivity index (χ0) is 40.2. The fourth-order valence-electron chi connectivity index (χ4n) is 6.57. The van der Waals surface area contributed by atoms with Gasteiger partial charge in [-0.2, -0.15) is 0 Å². The Labute approximate surface area is 327 Å². The SMILES string of the molecule is COC(=O)N[C@H](C(=O)N1CCC[C@H]1c1ncc(C#CC#Cc2ccc(C#CC#Cc3cnc([C@@H]4CCCN4C(=O)[C@@H](NC(=O)OC)C(C)C)[nH]3)cc2)[nH]1)C(C)C. The number of hydrogen-bond donors (Lipinski definition) is 4. The lowest BCUT2D eigenvalue weighted by Gasteiger charge is -2.29. The summed E-state index contributed by atoms with van der Waals surface area (Å²) in [5.74, 6) is 24.1. The minimum Gasteiger partial charge on any atom is -0.453 e. The number of H-pyrrole nitrogens is 2. The molecule has 4 amide bonds. The summed E-state index contributed by atoms with van der Waals surface area (Å²) in [6, 6.07) is 5.51. The third-order valence-corrected chi connectivity index (χ3v) is 9.49. The smallest absolute Gasteiger partial charge is 0.407 e. The number of rotatable bonds is 8. The minimum atomic E-state index is -0.705. The normalized spacial score (nSPS) is 16.9. The molecule has 0 saturated carbocycles. The Morgan fingerprint density at radius 1 is 0.661 bits per heavy atom. The summed E-state index contributed by atoms with van der Waals surface area (Å²) in [6.07, 6.45) is 5.10. The summed E-state index contributed by atoms with van der Waals surface area (Å²) in [7, 11) is 2.54. The summed E-state index contributed by atoms with van der Waals surface area (Å²) in [4.78, 5) is 69.3. The highest BCUT2D eigenvalue weighted by molar-refractivity contribution is 5.87. The Hall–Kier alpha value is -6.64. The van der Waals surface area contributed by atoms with E-state index >= 15 is 0 Å². The average Bonchev–Trinajstić information content (AvgIpc) is 4.03. The van der Waals surface area contributed by atoms with Crippen LogP contribution in [0.5, 0.6) is 0 Å². The number of imidazole rings is 2. The lowest BCUT2D eigenvalue weighted by molar-refractivity contribution is -0.136. The van der Waals surface area contributed by atoms with Gasteiger partial charge in [0.1, 0.15) is 35.1 Å². The second-order valence-electron chi connectivity index (χ2n) is 14.0. The summed E-state index contributed by atoms with van der Waals surface area (Å²) in [6.45, 7) is 8.64. The van der Waals surface area contributed by atoms with Gasteiger partial charge in [0.25, 0.3) is 0 Å². The number of aromatic nitrogens is 4. The number of hydrogen-bond acceptors (Lipinski definition) is 8. The maximum atomic E-state index is 13.4. The van der Waals surface area contributed by atoms with E-state index in [1.807, 2.05) is 52.0 Å². The number of nitrogens with zero attached hydrogens (tertiary/aromatic N) is 4. The number of methoxy groups -OCH3 is 2. The molecule has 2 saturated heterocycles. The van der Waals surface area contributed by atoms with Crippen LogP contribution in [0.25, 0.3) is 0 Å². The van der Waals surface area contributed by atoms with Gasteiger partial charge >= 0.3 is 12.2 Å². The number of ether oxygens (including phenoxy) is 2. The molecule has 14 nitrogen and oxygen atoms in total. The topological polar surface area (TPSA) is 175 Å². The second kappa shape index (κ2) is 19.1. The first kappa shape index (κ1) is 40.5. The van der Waals surface area contributed by atoms with E-state index in [-0.39, 0.29) is 35.7 Å². The number of carbonyl (C=O) groups is 4. The first-order valence-corrected chi connectivity index (χ1v) is 18.5. The van der Waals surface area contributed by atoms with Gasteiger partial charge in [-0.25, -0.2) is 19.6 Å². The van der Waals surface area contributed by atoms with Crippen molar-refractivity contribution in [2.45, 2.75) is 77.5 Å². The lowest BCUT2D eigenvalue weighted by Crippen LogP contribution is -2.51. The first-order chi connectivity index (χ1) is 27.0. The monoisotopic (exact) mass is 758 g/mol. The molecule has 4 atom stereocenters. The van der Waals surface area contributed by atoms with Crippen LogP contribution >= 0.6 is 0 Å². The minimum absolute atomic E-state index is 0.119. The molecule has 56 heavy (non-hydrogen) atoms. The van der Waals surface area contributed by atoms with Gasteiger partial charge in [0.05, 0.1) is 38.7 Å². The number of benzene rings is 1. The first-order valence-electron chi connectivity index (χ1n) is 18.5. The predicted octanol–water partition coefficient (Wildman–Crippen LogP) is 4.03. The van der Waals surface area contributed by atoms with E-state index in [9.17, 15) is 19.2 Å². The molecule has 2 aromatic heterocycles. The average molecular weight is 759 g/mol. The van der Waals surface area contributed by atoms with Crippen LogP contribution in [0.2, 0.25) is 0 Å². The van der Waals surface area contributed by atoms with Crippen molar-refractivity contribution < 1.29 is 28.7 Å². The number of alkyl carbamates (subject to hydrolysis) is 2. The van der Waals surface area contributed by atoms with Crippen molar-refractivity contribution in [1.82, 2.24) is 40.4 Å². The zero-order valence-electron chi connectivity index (χ0n) is 32.4. The van der Waals surface area contributed by atoms with Gasteiger partial charge in [-0.1, -0.05) is 39.5 Å². The molecule has 290 valence electrons. The molecular weight excluding hydrogens is 713 g/mol. The van der Waals surface area contributed by atoms with E-state index < -0.39 is 24.3 Å². The predicted molar refractivity (Wildman–Crippen MR) is 207 cm³/mol. The van der Waals surface area contributed by atoms with Crippen molar-refractivity contribution in [2.24, 2.45) is 11.8 Å². The Morgan fingerprint density at radius 3 is 1.39 bits per heavy atom. The zero-order valence-corrected chi connectivity index (χ0v) is 32.4. The van der Waals surface area contributed by atoms with Crippen molar-refractivity contribution in [3.05, 3.63) is 70.8 Å². The van der Waals surface area contributed by atoms with Crippen LogP contribution in [-0.4, -0.2) is 93.1 Å². The van der Waals surface area contributed by atoms with E-state index in [1.54, 1.807) is 22.2 Å². The largest absolute Gasteiger partial charge is 0.453 e. The van der Waals surface area contributed by atoms with E-state index in [2.05, 4.69) is 77.9 Å². The molecule has 2 fully saturated rings. The van der Waals surface area contributed by atoms with Crippen LogP contribution in [0.1, 0.15) is 99.6 Å². The van der Waals surface area contributed by atoms with E-state index in [1.165, 1.54) is 14.2 Å². The van der Waals surface area contributed by atoms with E-state index in [4.69, 9.17) is 9.47 Å². The van der Waals surface area contributed by atoms with Crippen LogP contribution in [0.3, 0.4) is 0 Å². The number of carbonyl (C=O) groups excluding carboxylic acids is 4. The summed E-state index contributed by atoms with van der Waals surface area (Å²) < 4.78 is 9.42. The molecule has 1 aromatic carbocycles. The van der Waals surface area contributed by atoms with Gasteiger partial charge in [0.2, 0.25) is 11.8 Å². The standard InChI is InChI=1S/C42H46N8O6/c1-27(2)35(47-41(53)55-5)39(51)49-23-11-17-33(49)37-43-25-31(45-37)15-9-7-13-29-19-21-30(22-20-29)14-8-10-16-32-26-44-38(46-32)34-18-12-24-50(34)40(52)36(28(3)4)48-42(54)56-6/h19-22,25-28,33-36H,11-12,17-18,23-24H2,1-6H3,(H,43,45)(H,44,46)(H,47,53)(H,48,54)/t33-,34-,35-,36-/m0/s1. The summed E-state index contributed by atoms with van der Waals surface area (Å²) in [5, 5.41) is 5.31. The van der Waals surface area contributed by atoms with E-state index in [0.29, 0.717) is 36.1 Å². The van der Waals surface area contributed by atoms with Gasteiger partial charge in [0, 0.05) is 24.2 Å². The summed E-state index contributed by atoms with van der Waals surface area (Å²) in [5.41, 5.74) is 2.71. The molecule has 4 N–H and O–H groups in total. The Kier molecular flexibility index (Phi) is 13.8. The van der Waals surface area contributed by atoms with Crippen molar-refractivity contribution in [1.29, 1.82) is 0 Å². The van der Waals surface area contributed by atoms with Crippen LogP contribution in [-0.2, 0) is 19.1 Å². The van der Waals surface area contributed by atoms with Gasteiger partial charge in [-0.05, 0) is 97.3 Å². The van der Waals surface area contributed by atoms with Gasteiger partial charge in [0.15, 0.2) is 0 Å². The molecule has 2 aliphatic heterocycles. The second-order valence-corrected chi connectivity index (χ2v) is 14.0. The highest BCUT2D eigenvalue weighted by atomic mass is 16.5. The molecular formula is C42H46N8O6. The fourth-order valence-corrected chi connectivity index (χ4v) is 6.57. The molecule has 4 heterocycles. The number of aromatic amines is 2. The highest BCUT2D eigenvalue weighted by Crippen LogP contribution is 2.32. The van der Waals surface area contributed by atoms with Crippen molar-refractivity contribution >= 4 is 24.0 Å². The van der Waals surface area contributed by atoms with Crippen molar-refractivity contribution in [3.8, 4) is 47.4 Å².